The highest BCUT2D eigenvalue weighted by molar-refractivity contribution is 5.88. The minimum atomic E-state index is 0.515. The van der Waals surface area contributed by atoms with Gasteiger partial charge in [0.05, 0.1) is 24.2 Å². The van der Waals surface area contributed by atoms with Gasteiger partial charge in [-0.2, -0.15) is 0 Å². The van der Waals surface area contributed by atoms with Crippen LogP contribution in [0, 0.1) is 5.92 Å². The van der Waals surface area contributed by atoms with E-state index in [0.717, 1.165) is 63.0 Å². The molecule has 0 spiro atoms. The molecule has 0 saturated heterocycles. The summed E-state index contributed by atoms with van der Waals surface area (Å²) in [6, 6.07) is 46.1. The van der Waals surface area contributed by atoms with Crippen molar-refractivity contribution in [3.63, 3.8) is 0 Å². The molecule has 0 radical (unpaired) electrons. The summed E-state index contributed by atoms with van der Waals surface area (Å²) in [5.41, 5.74) is 9.47. The van der Waals surface area contributed by atoms with Crippen LogP contribution in [-0.2, 0) is 6.42 Å². The van der Waals surface area contributed by atoms with Crippen LogP contribution >= 0.6 is 0 Å². The molecule has 212 valence electrons. The van der Waals surface area contributed by atoms with Gasteiger partial charge < -0.3 is 4.74 Å². The van der Waals surface area contributed by atoms with Gasteiger partial charge >= 0.3 is 0 Å². The third-order valence-corrected chi connectivity index (χ3v) is 7.42. The van der Waals surface area contributed by atoms with Crippen LogP contribution in [0.5, 0.6) is 5.75 Å². The summed E-state index contributed by atoms with van der Waals surface area (Å²) in [5, 5.41) is 0. The van der Waals surface area contributed by atoms with Crippen LogP contribution in [0.25, 0.3) is 33.6 Å². The van der Waals surface area contributed by atoms with Crippen molar-refractivity contribution in [3.05, 3.63) is 145 Å². The summed E-state index contributed by atoms with van der Waals surface area (Å²) >= 11 is 0. The van der Waals surface area contributed by atoms with Crippen LogP contribution in [0.15, 0.2) is 140 Å². The average Bonchev–Trinajstić information content (AvgIpc) is 3.06. The Morgan fingerprint density at radius 1 is 0.651 bits per heavy atom. The average molecular weight is 562 g/mol. The molecule has 0 aliphatic rings. The fourth-order valence-corrected chi connectivity index (χ4v) is 5.53. The Labute approximate surface area is 254 Å². The van der Waals surface area contributed by atoms with Gasteiger partial charge in [0, 0.05) is 28.6 Å². The first-order valence-electron chi connectivity index (χ1n) is 14.7. The highest BCUT2D eigenvalue weighted by Crippen LogP contribution is 2.41. The molecule has 0 N–H and O–H groups in total. The van der Waals surface area contributed by atoms with E-state index >= 15 is 0 Å². The molecule has 4 aromatic carbocycles. The molecule has 2 aromatic heterocycles. The molecule has 0 unspecified atom stereocenters. The molecule has 0 atom stereocenters. The maximum atomic E-state index is 5.71. The van der Waals surface area contributed by atoms with Gasteiger partial charge in [-0.15, -0.1) is 0 Å². The minimum absolute atomic E-state index is 0.515. The number of para-hydroxylation sites is 2. The van der Waals surface area contributed by atoms with Crippen molar-refractivity contribution in [2.45, 2.75) is 20.3 Å². The van der Waals surface area contributed by atoms with Gasteiger partial charge in [-0.3, -0.25) is 4.90 Å². The molecule has 0 fully saturated rings. The van der Waals surface area contributed by atoms with E-state index in [9.17, 15) is 0 Å². The first-order chi connectivity index (χ1) is 21.1. The topological polar surface area (TPSA) is 38.2 Å². The third-order valence-electron chi connectivity index (χ3n) is 7.42. The second-order valence-electron chi connectivity index (χ2n) is 11.0. The number of nitrogens with zero attached hydrogens (tertiary/aromatic N) is 3. The Hall–Kier alpha value is -5.22. The van der Waals surface area contributed by atoms with Crippen molar-refractivity contribution in [1.29, 1.82) is 0 Å². The lowest BCUT2D eigenvalue weighted by molar-refractivity contribution is 0.416. The van der Waals surface area contributed by atoms with Crippen LogP contribution in [0.2, 0.25) is 0 Å². The maximum absolute atomic E-state index is 5.71. The van der Waals surface area contributed by atoms with Crippen LogP contribution in [-0.4, -0.2) is 17.1 Å². The summed E-state index contributed by atoms with van der Waals surface area (Å²) in [6.45, 7) is 4.50. The Balaban J connectivity index is 1.51. The van der Waals surface area contributed by atoms with Gasteiger partial charge in [-0.25, -0.2) is 9.97 Å². The second-order valence-corrected chi connectivity index (χ2v) is 11.0. The zero-order chi connectivity index (χ0) is 29.6. The van der Waals surface area contributed by atoms with Crippen LogP contribution < -0.4 is 9.64 Å². The van der Waals surface area contributed by atoms with Crippen molar-refractivity contribution in [2.24, 2.45) is 5.92 Å². The lowest BCUT2D eigenvalue weighted by Gasteiger charge is -2.27. The third kappa shape index (κ3) is 6.19. The molecular formula is C39H35N3O. The van der Waals surface area contributed by atoms with E-state index in [2.05, 4.69) is 116 Å². The van der Waals surface area contributed by atoms with E-state index in [4.69, 9.17) is 14.7 Å². The Morgan fingerprint density at radius 3 is 2.12 bits per heavy atom. The number of hydrogen-bond donors (Lipinski definition) is 0. The molecular weight excluding hydrogens is 526 g/mol. The summed E-state index contributed by atoms with van der Waals surface area (Å²) in [5.74, 6) is 2.18. The number of rotatable bonds is 9. The Morgan fingerprint density at radius 2 is 1.35 bits per heavy atom. The number of anilines is 3. The monoisotopic (exact) mass is 561 g/mol. The van der Waals surface area contributed by atoms with E-state index in [1.807, 2.05) is 42.6 Å². The molecule has 6 aromatic rings. The molecule has 4 heteroatoms. The first-order valence-corrected chi connectivity index (χ1v) is 14.7. The predicted octanol–water partition coefficient (Wildman–Crippen LogP) is 10.2. The van der Waals surface area contributed by atoms with Crippen LogP contribution in [0.4, 0.5) is 17.2 Å². The van der Waals surface area contributed by atoms with E-state index in [-0.39, 0.29) is 0 Å². The highest BCUT2D eigenvalue weighted by atomic mass is 16.5. The molecule has 0 saturated carbocycles. The van der Waals surface area contributed by atoms with Gasteiger partial charge in [0.15, 0.2) is 0 Å². The quantitative estimate of drug-likeness (QED) is 0.176. The maximum Gasteiger partial charge on any atom is 0.137 e. The highest BCUT2D eigenvalue weighted by Gasteiger charge is 2.19. The Bertz CT molecular complexity index is 1820. The summed E-state index contributed by atoms with van der Waals surface area (Å²) in [7, 11) is 1.71. The van der Waals surface area contributed by atoms with E-state index < -0.39 is 0 Å². The van der Waals surface area contributed by atoms with E-state index in [1.165, 1.54) is 5.56 Å². The fraction of sp³-hybridized carbons (Fsp3) is 0.128. The van der Waals surface area contributed by atoms with Gasteiger partial charge in [0.2, 0.25) is 0 Å². The zero-order valence-corrected chi connectivity index (χ0v) is 24.8. The molecule has 43 heavy (non-hydrogen) atoms. The van der Waals surface area contributed by atoms with Crippen molar-refractivity contribution < 1.29 is 4.74 Å². The second kappa shape index (κ2) is 12.7. The zero-order valence-electron chi connectivity index (χ0n) is 24.8. The van der Waals surface area contributed by atoms with Crippen molar-refractivity contribution in [2.75, 3.05) is 12.0 Å². The van der Waals surface area contributed by atoms with Crippen LogP contribution in [0.3, 0.4) is 0 Å². The molecule has 0 bridgehead atoms. The lowest BCUT2D eigenvalue weighted by atomic mass is 9.98. The molecule has 4 nitrogen and oxygen atoms in total. The number of hydrogen-bond acceptors (Lipinski definition) is 4. The predicted molar refractivity (Wildman–Crippen MR) is 178 cm³/mol. The molecule has 2 heterocycles. The standard InChI is InChI=1S/C39H35N3O/c1-28(2)24-29-25-35(41-36(26-29)34-19-8-10-21-38(34)43-3)31-16-13-17-32(27-31)42(39-22-11-12-23-40-39)37-20-9-7-18-33(37)30-14-5-4-6-15-30/h4-23,25-28H,24H2,1-3H3. The molecule has 0 amide bonds. The van der Waals surface area contributed by atoms with Crippen molar-refractivity contribution in [3.8, 4) is 39.4 Å². The number of methoxy groups -OCH3 is 1. The normalized spacial score (nSPS) is 11.0. The number of pyridine rings is 2. The summed E-state index contributed by atoms with van der Waals surface area (Å²) in [4.78, 5) is 12.2. The SMILES string of the molecule is COc1ccccc1-c1cc(CC(C)C)cc(-c2cccc(N(c3ccccn3)c3ccccc3-c3ccccc3)c2)n1. The molecule has 6 rings (SSSR count). The molecule has 0 aliphatic heterocycles. The minimum Gasteiger partial charge on any atom is -0.496 e. The van der Waals surface area contributed by atoms with Gasteiger partial charge in [-0.05, 0) is 78.1 Å². The first kappa shape index (κ1) is 27.9. The lowest BCUT2D eigenvalue weighted by Crippen LogP contribution is -2.12. The summed E-state index contributed by atoms with van der Waals surface area (Å²) in [6.07, 6.45) is 2.80. The Kier molecular flexibility index (Phi) is 8.28. The van der Waals surface area contributed by atoms with Gasteiger partial charge in [0.1, 0.15) is 11.6 Å². The number of aromatic nitrogens is 2. The van der Waals surface area contributed by atoms with Gasteiger partial charge in [0.25, 0.3) is 0 Å². The number of benzene rings is 4. The van der Waals surface area contributed by atoms with E-state index in [1.54, 1.807) is 7.11 Å². The largest absolute Gasteiger partial charge is 0.496 e. The van der Waals surface area contributed by atoms with Crippen molar-refractivity contribution in [1.82, 2.24) is 9.97 Å². The van der Waals surface area contributed by atoms with Crippen LogP contribution in [0.1, 0.15) is 19.4 Å². The van der Waals surface area contributed by atoms with Crippen molar-refractivity contribution >= 4 is 17.2 Å². The molecule has 0 aliphatic carbocycles. The fourth-order valence-electron chi connectivity index (χ4n) is 5.53. The smallest absolute Gasteiger partial charge is 0.137 e. The summed E-state index contributed by atoms with van der Waals surface area (Å²) < 4.78 is 5.71. The van der Waals surface area contributed by atoms with Gasteiger partial charge in [-0.1, -0.05) is 92.7 Å². The number of ether oxygens (including phenoxy) is 1. The van der Waals surface area contributed by atoms with E-state index in [0.29, 0.717) is 5.92 Å².